The van der Waals surface area contributed by atoms with Crippen molar-refractivity contribution in [1.29, 1.82) is 0 Å². The van der Waals surface area contributed by atoms with E-state index in [-0.39, 0.29) is 17.4 Å². The van der Waals surface area contributed by atoms with Gasteiger partial charge in [-0.05, 0) is 53.9 Å². The van der Waals surface area contributed by atoms with E-state index in [2.05, 4.69) is 12.2 Å². The number of nitrogens with zero attached hydrogens (tertiary/aromatic N) is 1. The fraction of sp³-hybridized carbons (Fsp3) is 0.938. The predicted molar refractivity (Wildman–Crippen MR) is 91.6 cm³/mol. The van der Waals surface area contributed by atoms with Crippen LogP contribution < -0.4 is 5.32 Å². The first-order valence-electron chi connectivity index (χ1n) is 8.15. The summed E-state index contributed by atoms with van der Waals surface area (Å²) in [7, 11) is -0.803. The molecule has 0 bridgehead atoms. The summed E-state index contributed by atoms with van der Waals surface area (Å²) < 4.78 is 16.9. The van der Waals surface area contributed by atoms with Crippen LogP contribution in [-0.4, -0.2) is 57.5 Å². The molecule has 130 valence electrons. The Hall–Kier alpha value is -0.620. The number of hydrogen-bond acceptors (Lipinski definition) is 4. The number of carbonyl (C=O) groups is 1. The van der Waals surface area contributed by atoms with Crippen molar-refractivity contribution in [3.63, 3.8) is 0 Å². The molecule has 1 aliphatic heterocycles. The fourth-order valence-corrected chi connectivity index (χ4v) is 2.95. The van der Waals surface area contributed by atoms with E-state index in [4.69, 9.17) is 4.74 Å². The smallest absolute Gasteiger partial charge is 0.410 e. The second kappa shape index (κ2) is 8.29. The lowest BCUT2D eigenvalue weighted by atomic mass is 10.1. The van der Waals surface area contributed by atoms with Gasteiger partial charge in [-0.2, -0.15) is 0 Å². The number of rotatable bonds is 6. The van der Waals surface area contributed by atoms with Crippen molar-refractivity contribution >= 4 is 16.9 Å². The maximum absolute atomic E-state index is 12.3. The zero-order chi connectivity index (χ0) is 16.9. The molecule has 22 heavy (non-hydrogen) atoms. The monoisotopic (exact) mass is 332 g/mol. The Balaban J connectivity index is 2.46. The van der Waals surface area contributed by atoms with Gasteiger partial charge >= 0.3 is 6.09 Å². The molecule has 4 atom stereocenters. The molecule has 0 aromatic rings. The van der Waals surface area contributed by atoms with Crippen LogP contribution in [-0.2, 0) is 15.5 Å². The highest BCUT2D eigenvalue weighted by atomic mass is 32.2. The zero-order valence-corrected chi connectivity index (χ0v) is 15.7. The molecule has 1 saturated heterocycles. The topological polar surface area (TPSA) is 58.6 Å². The Labute approximate surface area is 137 Å². The molecule has 1 heterocycles. The largest absolute Gasteiger partial charge is 0.444 e. The predicted octanol–water partition coefficient (Wildman–Crippen LogP) is 2.52. The molecule has 6 heteroatoms. The third-order valence-electron chi connectivity index (χ3n) is 3.95. The average molecular weight is 333 g/mol. The molecule has 0 aromatic carbocycles. The number of hydrogen-bond donors (Lipinski definition) is 1. The summed E-state index contributed by atoms with van der Waals surface area (Å²) in [6.45, 7) is 11.3. The first kappa shape index (κ1) is 19.4. The maximum atomic E-state index is 12.3. The van der Waals surface area contributed by atoms with Crippen molar-refractivity contribution in [3.05, 3.63) is 0 Å². The van der Waals surface area contributed by atoms with Gasteiger partial charge in [-0.1, -0.05) is 0 Å². The molecule has 1 amide bonds. The van der Waals surface area contributed by atoms with Crippen LogP contribution in [0, 0.1) is 0 Å². The standard InChI is InChI=1S/C16H32N2O3S/c1-12(17-11-13(2)22(6)20)10-14-8-7-9-18(14)15(19)21-16(3,4)5/h12-14,17H,7-11H2,1-6H3. The minimum absolute atomic E-state index is 0.146. The Morgan fingerprint density at radius 2 is 2.05 bits per heavy atom. The molecule has 5 nitrogen and oxygen atoms in total. The number of amides is 1. The van der Waals surface area contributed by atoms with Gasteiger partial charge < -0.3 is 15.0 Å². The van der Waals surface area contributed by atoms with E-state index in [0.717, 1.165) is 32.4 Å². The molecule has 1 aliphatic rings. The summed E-state index contributed by atoms with van der Waals surface area (Å²) in [5.41, 5.74) is -0.450. The Bertz CT molecular complexity index is 395. The molecule has 0 saturated carbocycles. The maximum Gasteiger partial charge on any atom is 0.410 e. The first-order valence-corrected chi connectivity index (χ1v) is 9.77. The van der Waals surface area contributed by atoms with E-state index in [1.165, 1.54) is 0 Å². The highest BCUT2D eigenvalue weighted by molar-refractivity contribution is 7.84. The van der Waals surface area contributed by atoms with Gasteiger partial charge in [-0.15, -0.1) is 0 Å². The second-order valence-electron chi connectivity index (χ2n) is 7.32. The number of nitrogens with one attached hydrogen (secondary N) is 1. The lowest BCUT2D eigenvalue weighted by Crippen LogP contribution is -2.43. The molecular formula is C16H32N2O3S. The molecule has 1 fully saturated rings. The third kappa shape index (κ3) is 6.65. The van der Waals surface area contributed by atoms with Crippen LogP contribution in [0.2, 0.25) is 0 Å². The zero-order valence-electron chi connectivity index (χ0n) is 14.8. The van der Waals surface area contributed by atoms with Crippen LogP contribution in [0.15, 0.2) is 0 Å². The SMILES string of the molecule is CC(CC1CCCN1C(=O)OC(C)(C)C)NCC(C)S(C)=O. The van der Waals surface area contributed by atoms with Gasteiger partial charge in [-0.25, -0.2) is 4.79 Å². The van der Waals surface area contributed by atoms with Crippen molar-refractivity contribution in [2.24, 2.45) is 0 Å². The number of carbonyl (C=O) groups excluding carboxylic acids is 1. The molecule has 1 rings (SSSR count). The summed E-state index contributed by atoms with van der Waals surface area (Å²) in [5.74, 6) is 0. The average Bonchev–Trinajstić information content (AvgIpc) is 2.81. The Morgan fingerprint density at radius 1 is 1.41 bits per heavy atom. The lowest BCUT2D eigenvalue weighted by Gasteiger charge is -2.30. The first-order chi connectivity index (χ1) is 10.1. The van der Waals surface area contributed by atoms with Crippen LogP contribution in [0.1, 0.15) is 53.9 Å². The summed E-state index contributed by atoms with van der Waals surface area (Å²) >= 11 is 0. The van der Waals surface area contributed by atoms with Gasteiger partial charge in [0.05, 0.1) is 0 Å². The minimum Gasteiger partial charge on any atom is -0.444 e. The second-order valence-corrected chi connectivity index (χ2v) is 9.13. The minimum atomic E-state index is -0.803. The van der Waals surface area contributed by atoms with E-state index in [9.17, 15) is 9.00 Å². The number of ether oxygens (including phenoxy) is 1. The van der Waals surface area contributed by atoms with Gasteiger partial charge in [0.2, 0.25) is 0 Å². The van der Waals surface area contributed by atoms with Gasteiger partial charge in [0, 0.05) is 47.5 Å². The summed E-state index contributed by atoms with van der Waals surface area (Å²) in [6, 6.07) is 0.527. The van der Waals surface area contributed by atoms with E-state index in [1.54, 1.807) is 6.26 Å². The van der Waals surface area contributed by atoms with Crippen molar-refractivity contribution < 1.29 is 13.7 Å². The van der Waals surface area contributed by atoms with E-state index >= 15 is 0 Å². The molecule has 0 aliphatic carbocycles. The fourth-order valence-electron chi connectivity index (χ4n) is 2.62. The molecular weight excluding hydrogens is 300 g/mol. The van der Waals surface area contributed by atoms with E-state index in [1.807, 2.05) is 32.6 Å². The summed E-state index contributed by atoms with van der Waals surface area (Å²) in [4.78, 5) is 14.1. The van der Waals surface area contributed by atoms with Crippen LogP contribution in [0.3, 0.4) is 0 Å². The summed E-state index contributed by atoms with van der Waals surface area (Å²) in [6.07, 6.45) is 4.50. The van der Waals surface area contributed by atoms with Crippen LogP contribution >= 0.6 is 0 Å². The van der Waals surface area contributed by atoms with Crippen LogP contribution in [0.4, 0.5) is 4.79 Å². The normalized spacial score (nSPS) is 23.2. The molecule has 1 N–H and O–H groups in total. The third-order valence-corrected chi connectivity index (χ3v) is 5.25. The number of likely N-dealkylation sites (tertiary alicyclic amines) is 1. The van der Waals surface area contributed by atoms with Crippen molar-refractivity contribution in [2.75, 3.05) is 19.3 Å². The van der Waals surface area contributed by atoms with E-state index in [0.29, 0.717) is 6.04 Å². The van der Waals surface area contributed by atoms with Crippen molar-refractivity contribution in [1.82, 2.24) is 10.2 Å². The summed E-state index contributed by atoms with van der Waals surface area (Å²) in [5, 5.41) is 3.57. The Morgan fingerprint density at radius 3 is 2.59 bits per heavy atom. The molecule has 0 radical (unpaired) electrons. The highest BCUT2D eigenvalue weighted by Gasteiger charge is 2.32. The van der Waals surface area contributed by atoms with Crippen molar-refractivity contribution in [2.45, 2.75) is 76.8 Å². The molecule has 4 unspecified atom stereocenters. The molecule has 0 spiro atoms. The van der Waals surface area contributed by atoms with Gasteiger partial charge in [0.1, 0.15) is 5.60 Å². The van der Waals surface area contributed by atoms with Gasteiger partial charge in [-0.3, -0.25) is 4.21 Å². The van der Waals surface area contributed by atoms with Crippen LogP contribution in [0.5, 0.6) is 0 Å². The lowest BCUT2D eigenvalue weighted by molar-refractivity contribution is 0.0215. The van der Waals surface area contributed by atoms with Crippen molar-refractivity contribution in [3.8, 4) is 0 Å². The van der Waals surface area contributed by atoms with Gasteiger partial charge in [0.15, 0.2) is 0 Å². The van der Waals surface area contributed by atoms with E-state index < -0.39 is 16.4 Å². The van der Waals surface area contributed by atoms with Gasteiger partial charge in [0.25, 0.3) is 0 Å². The molecule has 0 aromatic heterocycles. The Kier molecular flexibility index (Phi) is 7.32. The highest BCUT2D eigenvalue weighted by Crippen LogP contribution is 2.24. The van der Waals surface area contributed by atoms with Crippen LogP contribution in [0.25, 0.3) is 0 Å². The quantitative estimate of drug-likeness (QED) is 0.812.